The fourth-order valence-electron chi connectivity index (χ4n) is 4.22. The summed E-state index contributed by atoms with van der Waals surface area (Å²) in [6, 6.07) is 0. The lowest BCUT2D eigenvalue weighted by Crippen LogP contribution is -2.45. The molecule has 0 radical (unpaired) electrons. The average molecular weight is 427 g/mol. The first-order chi connectivity index (χ1) is 13.3. The normalized spacial score (nSPS) is 25.2. The molecule has 0 aromatic rings. The first-order valence-corrected chi connectivity index (χ1v) is 14.5. The van der Waals surface area contributed by atoms with Crippen molar-refractivity contribution in [2.24, 2.45) is 11.8 Å². The topological polar surface area (TPSA) is 66.8 Å². The molecule has 0 saturated heterocycles. The van der Waals surface area contributed by atoms with Crippen molar-refractivity contribution in [2.45, 2.75) is 123 Å². The van der Waals surface area contributed by atoms with E-state index in [-0.39, 0.29) is 23.7 Å². The highest BCUT2D eigenvalue weighted by Crippen LogP contribution is 2.45. The standard InChI is InChI=1S/C24H46O4Si/c1-18(2)13-12-15-20-19(14-10-8-9-11-16-23(26)27)21(25)17-22(20)28-29(6,7)24(3,4)5/h13,19-22,25H,8-12,14-17H2,1-7H3,(H,26,27). The molecule has 4 atom stereocenters. The van der Waals surface area contributed by atoms with Crippen LogP contribution in [0.15, 0.2) is 11.6 Å². The second-order valence-electron chi connectivity index (χ2n) is 10.8. The maximum Gasteiger partial charge on any atom is 0.303 e. The molecule has 2 N–H and O–H groups in total. The third-order valence-corrected chi connectivity index (χ3v) is 11.5. The average Bonchev–Trinajstić information content (AvgIpc) is 2.83. The number of aliphatic hydroxyl groups excluding tert-OH is 1. The molecule has 0 aromatic carbocycles. The van der Waals surface area contributed by atoms with E-state index in [0.717, 1.165) is 51.4 Å². The zero-order chi connectivity index (χ0) is 22.2. The second-order valence-corrected chi connectivity index (χ2v) is 15.5. The Hall–Kier alpha value is -0.653. The van der Waals surface area contributed by atoms with Gasteiger partial charge in [-0.15, -0.1) is 0 Å². The number of allylic oxidation sites excluding steroid dienone is 2. The molecular formula is C24H46O4Si. The number of carboxylic acids is 1. The summed E-state index contributed by atoms with van der Waals surface area (Å²) in [5.41, 5.74) is 1.35. The summed E-state index contributed by atoms with van der Waals surface area (Å²) in [5, 5.41) is 19.8. The van der Waals surface area contributed by atoms with Crippen molar-refractivity contribution in [3.63, 3.8) is 0 Å². The SMILES string of the molecule is CC(C)=CCCC1C(O[Si](C)(C)C(C)(C)C)CC(O)C1CCCCCCC(=O)O. The van der Waals surface area contributed by atoms with E-state index in [4.69, 9.17) is 9.53 Å². The highest BCUT2D eigenvalue weighted by Gasteiger charge is 2.47. The summed E-state index contributed by atoms with van der Waals surface area (Å²) >= 11 is 0. The third-order valence-electron chi connectivity index (χ3n) is 6.98. The van der Waals surface area contributed by atoms with Crippen molar-refractivity contribution in [3.05, 3.63) is 11.6 Å². The number of carboxylic acid groups (broad SMARTS) is 1. The lowest BCUT2D eigenvalue weighted by Gasteiger charge is -2.40. The van der Waals surface area contributed by atoms with Crippen LogP contribution in [0.4, 0.5) is 0 Å². The van der Waals surface area contributed by atoms with Crippen LogP contribution in [-0.4, -0.2) is 36.7 Å². The van der Waals surface area contributed by atoms with Gasteiger partial charge in [-0.05, 0) is 75.9 Å². The Morgan fingerprint density at radius 3 is 2.24 bits per heavy atom. The van der Waals surface area contributed by atoms with E-state index >= 15 is 0 Å². The zero-order valence-electron chi connectivity index (χ0n) is 20.0. The van der Waals surface area contributed by atoms with Gasteiger partial charge >= 0.3 is 5.97 Å². The number of aliphatic carboxylic acids is 1. The van der Waals surface area contributed by atoms with Gasteiger partial charge in [0, 0.05) is 6.42 Å². The van der Waals surface area contributed by atoms with E-state index < -0.39 is 14.3 Å². The number of hydrogen-bond acceptors (Lipinski definition) is 3. The number of carbonyl (C=O) groups is 1. The molecule has 1 saturated carbocycles. The van der Waals surface area contributed by atoms with Crippen molar-refractivity contribution in [1.82, 2.24) is 0 Å². The fourth-order valence-corrected chi connectivity index (χ4v) is 5.60. The predicted molar refractivity (Wildman–Crippen MR) is 124 cm³/mol. The van der Waals surface area contributed by atoms with E-state index in [1.807, 2.05) is 0 Å². The summed E-state index contributed by atoms with van der Waals surface area (Å²) in [6.45, 7) is 15.7. The molecule has 4 unspecified atom stereocenters. The Kier molecular flexibility index (Phi) is 10.6. The fraction of sp³-hybridized carbons (Fsp3) is 0.875. The summed E-state index contributed by atoms with van der Waals surface area (Å²) in [5.74, 6) is 0.00437. The summed E-state index contributed by atoms with van der Waals surface area (Å²) in [6.07, 6.45) is 10.2. The molecule has 5 heteroatoms. The molecule has 0 aromatic heterocycles. The molecule has 4 nitrogen and oxygen atoms in total. The largest absolute Gasteiger partial charge is 0.481 e. The summed E-state index contributed by atoms with van der Waals surface area (Å²) in [7, 11) is -1.87. The van der Waals surface area contributed by atoms with E-state index in [1.54, 1.807) is 0 Å². The van der Waals surface area contributed by atoms with Crippen LogP contribution in [0.3, 0.4) is 0 Å². The minimum absolute atomic E-state index is 0.161. The highest BCUT2D eigenvalue weighted by molar-refractivity contribution is 6.74. The first kappa shape index (κ1) is 26.4. The Bertz CT molecular complexity index is 531. The van der Waals surface area contributed by atoms with Crippen LogP contribution in [0.25, 0.3) is 0 Å². The Balaban J connectivity index is 2.73. The van der Waals surface area contributed by atoms with Crippen LogP contribution in [0.1, 0.15) is 92.4 Å². The van der Waals surface area contributed by atoms with Gasteiger partial charge in [-0.3, -0.25) is 4.79 Å². The van der Waals surface area contributed by atoms with E-state index in [0.29, 0.717) is 11.8 Å². The Labute approximate surface area is 180 Å². The van der Waals surface area contributed by atoms with Crippen LogP contribution in [0, 0.1) is 11.8 Å². The van der Waals surface area contributed by atoms with Crippen LogP contribution in [-0.2, 0) is 9.22 Å². The van der Waals surface area contributed by atoms with Gasteiger partial charge in [0.1, 0.15) is 0 Å². The monoisotopic (exact) mass is 426 g/mol. The van der Waals surface area contributed by atoms with Crippen molar-refractivity contribution < 1.29 is 19.4 Å². The predicted octanol–water partition coefficient (Wildman–Crippen LogP) is 6.55. The maximum atomic E-state index is 10.9. The van der Waals surface area contributed by atoms with Crippen LogP contribution in [0.2, 0.25) is 18.1 Å². The van der Waals surface area contributed by atoms with Crippen LogP contribution in [0.5, 0.6) is 0 Å². The molecule has 0 bridgehead atoms. The third kappa shape index (κ3) is 8.93. The van der Waals surface area contributed by atoms with E-state index in [9.17, 15) is 9.90 Å². The van der Waals surface area contributed by atoms with Crippen LogP contribution < -0.4 is 0 Å². The molecule has 0 amide bonds. The lowest BCUT2D eigenvalue weighted by atomic mass is 9.85. The Morgan fingerprint density at radius 1 is 1.07 bits per heavy atom. The first-order valence-electron chi connectivity index (χ1n) is 11.6. The van der Waals surface area contributed by atoms with Gasteiger partial charge in [0.05, 0.1) is 12.2 Å². The second kappa shape index (κ2) is 11.7. The quantitative estimate of drug-likeness (QED) is 0.211. The molecule has 0 aliphatic heterocycles. The van der Waals surface area contributed by atoms with Gasteiger partial charge < -0.3 is 14.6 Å². The molecule has 1 rings (SSSR count). The number of aliphatic hydroxyl groups is 1. The number of unbranched alkanes of at least 4 members (excludes halogenated alkanes) is 3. The molecule has 0 heterocycles. The van der Waals surface area contributed by atoms with E-state index in [2.05, 4.69) is 53.8 Å². The molecular weight excluding hydrogens is 380 g/mol. The van der Waals surface area contributed by atoms with Gasteiger partial charge in [-0.2, -0.15) is 0 Å². The van der Waals surface area contributed by atoms with Gasteiger partial charge in [-0.25, -0.2) is 0 Å². The smallest absolute Gasteiger partial charge is 0.303 e. The molecule has 170 valence electrons. The minimum atomic E-state index is -1.87. The van der Waals surface area contributed by atoms with Gasteiger partial charge in [0.15, 0.2) is 8.32 Å². The lowest BCUT2D eigenvalue weighted by molar-refractivity contribution is -0.137. The molecule has 1 fully saturated rings. The molecule has 29 heavy (non-hydrogen) atoms. The number of hydrogen-bond donors (Lipinski definition) is 2. The highest BCUT2D eigenvalue weighted by atomic mass is 28.4. The Morgan fingerprint density at radius 2 is 1.69 bits per heavy atom. The van der Waals surface area contributed by atoms with Crippen LogP contribution >= 0.6 is 0 Å². The van der Waals surface area contributed by atoms with Gasteiger partial charge in [-0.1, -0.05) is 51.7 Å². The number of rotatable bonds is 12. The van der Waals surface area contributed by atoms with Gasteiger partial charge in [0.2, 0.25) is 0 Å². The molecule has 1 aliphatic carbocycles. The van der Waals surface area contributed by atoms with Gasteiger partial charge in [0.25, 0.3) is 0 Å². The van der Waals surface area contributed by atoms with Crippen molar-refractivity contribution in [3.8, 4) is 0 Å². The summed E-state index contributed by atoms with van der Waals surface area (Å²) < 4.78 is 6.80. The minimum Gasteiger partial charge on any atom is -0.481 e. The zero-order valence-corrected chi connectivity index (χ0v) is 21.0. The maximum absolute atomic E-state index is 10.9. The molecule has 1 aliphatic rings. The molecule has 0 spiro atoms. The van der Waals surface area contributed by atoms with Crippen molar-refractivity contribution >= 4 is 14.3 Å². The van der Waals surface area contributed by atoms with Crippen molar-refractivity contribution in [1.29, 1.82) is 0 Å². The summed E-state index contributed by atoms with van der Waals surface area (Å²) in [4.78, 5) is 10.6. The van der Waals surface area contributed by atoms with Crippen molar-refractivity contribution in [2.75, 3.05) is 0 Å². The van der Waals surface area contributed by atoms with E-state index in [1.165, 1.54) is 5.57 Å².